The molecule has 1 N–H and O–H groups in total. The second-order valence-electron chi connectivity index (χ2n) is 6.11. The van der Waals surface area contributed by atoms with Gasteiger partial charge in [-0.3, -0.25) is 4.79 Å². The molecule has 0 bridgehead atoms. The number of carbonyl (C=O) groups is 2. The minimum Gasteiger partial charge on any atom is -0.494 e. The van der Waals surface area contributed by atoms with Crippen LogP contribution in [-0.2, 0) is 9.53 Å². The van der Waals surface area contributed by atoms with Crippen LogP contribution in [0.25, 0.3) is 0 Å². The molecular weight excluding hydrogens is 402 g/mol. The number of nitrogens with one attached hydrogen (secondary N) is 1. The predicted molar refractivity (Wildman–Crippen MR) is 116 cm³/mol. The van der Waals surface area contributed by atoms with Crippen LogP contribution in [0.2, 0.25) is 0 Å². The molecular formula is C23H27NO7. The van der Waals surface area contributed by atoms with Crippen LogP contribution in [0.3, 0.4) is 0 Å². The Bertz CT molecular complexity index is 911. The average molecular weight is 429 g/mol. The Hall–Kier alpha value is -3.68. The molecule has 0 spiro atoms. The van der Waals surface area contributed by atoms with Crippen molar-refractivity contribution in [2.45, 2.75) is 13.8 Å². The summed E-state index contributed by atoms with van der Waals surface area (Å²) in [5.41, 5.74) is 0.656. The molecule has 0 aromatic heterocycles. The normalized spacial score (nSPS) is 10.0. The van der Waals surface area contributed by atoms with Crippen molar-refractivity contribution < 1.29 is 33.3 Å². The number of amides is 1. The summed E-state index contributed by atoms with van der Waals surface area (Å²) in [5, 5.41) is 2.68. The molecule has 1 amide bonds. The number of carbonyl (C=O) groups excluding carboxylic acids is 2. The molecule has 0 atom stereocenters. The highest BCUT2D eigenvalue weighted by atomic mass is 16.5. The lowest BCUT2D eigenvalue weighted by Gasteiger charge is -2.14. The number of ether oxygens (including phenoxy) is 5. The maximum absolute atomic E-state index is 12.3. The van der Waals surface area contributed by atoms with Gasteiger partial charge in [-0.05, 0) is 44.2 Å². The molecule has 166 valence electrons. The first kappa shape index (κ1) is 23.6. The Morgan fingerprint density at radius 1 is 0.968 bits per heavy atom. The van der Waals surface area contributed by atoms with Gasteiger partial charge in [-0.25, -0.2) is 4.79 Å². The van der Waals surface area contributed by atoms with Crippen molar-refractivity contribution in [2.24, 2.45) is 0 Å². The molecule has 8 heteroatoms. The van der Waals surface area contributed by atoms with E-state index in [0.717, 1.165) is 0 Å². The highest BCUT2D eigenvalue weighted by Gasteiger charge is 2.15. The fourth-order valence-electron chi connectivity index (χ4n) is 2.61. The number of rotatable bonds is 12. The van der Waals surface area contributed by atoms with Gasteiger partial charge in [0.05, 0.1) is 31.6 Å². The van der Waals surface area contributed by atoms with E-state index in [9.17, 15) is 9.59 Å². The molecule has 2 aromatic carbocycles. The summed E-state index contributed by atoms with van der Waals surface area (Å²) in [5.74, 6) is 0.733. The van der Waals surface area contributed by atoms with Gasteiger partial charge in [-0.2, -0.15) is 0 Å². The van der Waals surface area contributed by atoms with Crippen molar-refractivity contribution in [3.05, 3.63) is 54.6 Å². The van der Waals surface area contributed by atoms with E-state index < -0.39 is 18.5 Å². The van der Waals surface area contributed by atoms with Crippen LogP contribution in [0.5, 0.6) is 23.0 Å². The van der Waals surface area contributed by atoms with Gasteiger partial charge in [0.1, 0.15) is 18.1 Å². The van der Waals surface area contributed by atoms with Crippen LogP contribution in [-0.4, -0.2) is 45.4 Å². The average Bonchev–Trinajstić information content (AvgIpc) is 2.78. The fraction of sp³-hybridized carbons (Fsp3) is 0.304. The Morgan fingerprint density at radius 3 is 2.39 bits per heavy atom. The SMILES string of the molecule is C=CCOc1ccc(C(=O)OCC(=O)Nc2cc(OCC)ccc2OCC)cc1OC. The lowest BCUT2D eigenvalue weighted by molar-refractivity contribution is -0.119. The summed E-state index contributed by atoms with van der Waals surface area (Å²) in [6, 6.07) is 9.71. The van der Waals surface area contributed by atoms with Crippen molar-refractivity contribution in [3.63, 3.8) is 0 Å². The zero-order valence-corrected chi connectivity index (χ0v) is 17.9. The van der Waals surface area contributed by atoms with Crippen LogP contribution in [0, 0.1) is 0 Å². The Kier molecular flexibility index (Phi) is 9.22. The second-order valence-corrected chi connectivity index (χ2v) is 6.11. The van der Waals surface area contributed by atoms with Crippen molar-refractivity contribution in [2.75, 3.05) is 38.9 Å². The molecule has 0 radical (unpaired) electrons. The third-order valence-electron chi connectivity index (χ3n) is 3.93. The summed E-state index contributed by atoms with van der Waals surface area (Å²) in [4.78, 5) is 24.7. The van der Waals surface area contributed by atoms with Crippen molar-refractivity contribution in [3.8, 4) is 23.0 Å². The summed E-state index contributed by atoms with van der Waals surface area (Å²) >= 11 is 0. The molecule has 0 saturated carbocycles. The molecule has 0 aliphatic rings. The highest BCUT2D eigenvalue weighted by molar-refractivity contribution is 5.96. The Balaban J connectivity index is 2.01. The van der Waals surface area contributed by atoms with Gasteiger partial charge in [0.2, 0.25) is 0 Å². The van der Waals surface area contributed by atoms with Gasteiger partial charge >= 0.3 is 5.97 Å². The fourth-order valence-corrected chi connectivity index (χ4v) is 2.61. The Morgan fingerprint density at radius 2 is 1.71 bits per heavy atom. The van der Waals surface area contributed by atoms with E-state index in [1.165, 1.54) is 19.2 Å². The van der Waals surface area contributed by atoms with E-state index >= 15 is 0 Å². The molecule has 0 aliphatic carbocycles. The first-order valence-electron chi connectivity index (χ1n) is 9.80. The third-order valence-corrected chi connectivity index (χ3v) is 3.93. The maximum Gasteiger partial charge on any atom is 0.338 e. The largest absolute Gasteiger partial charge is 0.494 e. The van der Waals surface area contributed by atoms with Gasteiger partial charge in [-0.15, -0.1) is 0 Å². The zero-order valence-electron chi connectivity index (χ0n) is 17.9. The molecule has 0 saturated heterocycles. The minimum atomic E-state index is -0.670. The summed E-state index contributed by atoms with van der Waals surface area (Å²) < 4.78 is 26.8. The predicted octanol–water partition coefficient (Wildman–Crippen LogP) is 3.85. The van der Waals surface area contributed by atoms with Crippen LogP contribution < -0.4 is 24.3 Å². The third kappa shape index (κ3) is 6.95. The molecule has 2 aromatic rings. The molecule has 2 rings (SSSR count). The number of esters is 1. The van der Waals surface area contributed by atoms with Crippen LogP contribution in [0.4, 0.5) is 5.69 Å². The molecule has 8 nitrogen and oxygen atoms in total. The van der Waals surface area contributed by atoms with E-state index in [1.807, 2.05) is 13.8 Å². The van der Waals surface area contributed by atoms with Gasteiger partial charge in [0.15, 0.2) is 18.1 Å². The van der Waals surface area contributed by atoms with Crippen molar-refractivity contribution >= 4 is 17.6 Å². The number of anilines is 1. The topological polar surface area (TPSA) is 92.3 Å². The number of methoxy groups -OCH3 is 1. The minimum absolute atomic E-state index is 0.226. The molecule has 31 heavy (non-hydrogen) atoms. The summed E-state index contributed by atoms with van der Waals surface area (Å²) in [6.07, 6.45) is 1.60. The van der Waals surface area contributed by atoms with E-state index in [2.05, 4.69) is 11.9 Å². The molecule has 0 heterocycles. The standard InChI is InChI=1S/C23H27NO7/c1-5-12-30-20-10-8-16(13-21(20)27-4)23(26)31-15-22(25)24-18-14-17(28-6-2)9-11-19(18)29-7-3/h5,8-11,13-14H,1,6-7,12,15H2,2-4H3,(H,24,25). The number of hydrogen-bond donors (Lipinski definition) is 1. The van der Waals surface area contributed by atoms with Gasteiger partial charge in [0, 0.05) is 6.07 Å². The summed E-state index contributed by atoms with van der Waals surface area (Å²) in [6.45, 7) is 8.03. The van der Waals surface area contributed by atoms with Crippen LogP contribution in [0.1, 0.15) is 24.2 Å². The lowest BCUT2D eigenvalue weighted by atomic mass is 10.2. The van der Waals surface area contributed by atoms with Crippen LogP contribution in [0.15, 0.2) is 49.1 Å². The van der Waals surface area contributed by atoms with Crippen LogP contribution >= 0.6 is 0 Å². The monoisotopic (exact) mass is 429 g/mol. The maximum atomic E-state index is 12.3. The van der Waals surface area contributed by atoms with E-state index in [0.29, 0.717) is 48.5 Å². The first-order valence-corrected chi connectivity index (χ1v) is 9.80. The Labute approximate surface area is 181 Å². The quantitative estimate of drug-likeness (QED) is 0.405. The van der Waals surface area contributed by atoms with Gasteiger partial charge in [-0.1, -0.05) is 12.7 Å². The van der Waals surface area contributed by atoms with Gasteiger partial charge < -0.3 is 29.0 Å². The van der Waals surface area contributed by atoms with E-state index in [4.69, 9.17) is 23.7 Å². The van der Waals surface area contributed by atoms with E-state index in [-0.39, 0.29) is 5.56 Å². The first-order chi connectivity index (χ1) is 15.0. The number of benzene rings is 2. The summed E-state index contributed by atoms with van der Waals surface area (Å²) in [7, 11) is 1.46. The van der Waals surface area contributed by atoms with Crippen molar-refractivity contribution in [1.82, 2.24) is 0 Å². The van der Waals surface area contributed by atoms with Gasteiger partial charge in [0.25, 0.3) is 5.91 Å². The lowest BCUT2D eigenvalue weighted by Crippen LogP contribution is -2.21. The second kappa shape index (κ2) is 12.1. The van der Waals surface area contributed by atoms with E-state index in [1.54, 1.807) is 30.3 Å². The highest BCUT2D eigenvalue weighted by Crippen LogP contribution is 2.30. The van der Waals surface area contributed by atoms with Crippen molar-refractivity contribution in [1.29, 1.82) is 0 Å². The smallest absolute Gasteiger partial charge is 0.338 e. The molecule has 0 aliphatic heterocycles. The molecule has 0 unspecified atom stereocenters. The molecule has 0 fully saturated rings. The number of hydrogen-bond acceptors (Lipinski definition) is 7. The zero-order chi connectivity index (χ0) is 22.6.